The quantitative estimate of drug-likeness (QED) is 0.459. The topological polar surface area (TPSA) is 72.5 Å². The van der Waals surface area contributed by atoms with Crippen LogP contribution in [0.25, 0.3) is 0 Å². The van der Waals surface area contributed by atoms with E-state index in [1.54, 1.807) is 18.3 Å². The molecule has 1 heterocycles. The molecule has 0 fully saturated rings. The van der Waals surface area contributed by atoms with Gasteiger partial charge in [0.2, 0.25) is 5.75 Å². The zero-order valence-electron chi connectivity index (χ0n) is 14.6. The van der Waals surface area contributed by atoms with E-state index in [4.69, 9.17) is 4.74 Å². The second-order valence-corrected chi connectivity index (χ2v) is 7.13. The molecule has 2 aromatic rings. The summed E-state index contributed by atoms with van der Waals surface area (Å²) in [5.74, 6) is 0.571. The molecule has 3 rings (SSSR count). The number of carbonyl (C=O) groups excluding carboxylic acids is 1. The Bertz CT molecular complexity index is 906. The molecule has 6 nitrogen and oxygen atoms in total. The third kappa shape index (κ3) is 3.15. The summed E-state index contributed by atoms with van der Waals surface area (Å²) in [7, 11) is 0. The van der Waals surface area contributed by atoms with Crippen molar-refractivity contribution in [2.75, 3.05) is 0 Å². The maximum atomic E-state index is 12.4. The molecule has 0 aromatic heterocycles. The van der Waals surface area contributed by atoms with E-state index in [-0.39, 0.29) is 11.1 Å². The first kappa shape index (κ1) is 16.8. The van der Waals surface area contributed by atoms with Crippen LogP contribution in [0.3, 0.4) is 0 Å². The molecule has 0 N–H and O–H groups in total. The lowest BCUT2D eigenvalue weighted by Crippen LogP contribution is -2.15. The number of amides is 1. The van der Waals surface area contributed by atoms with Crippen molar-refractivity contribution in [1.29, 1.82) is 0 Å². The Morgan fingerprint density at radius 1 is 1.16 bits per heavy atom. The van der Waals surface area contributed by atoms with Gasteiger partial charge in [0, 0.05) is 29.3 Å². The third-order valence-corrected chi connectivity index (χ3v) is 4.05. The molecule has 1 amide bonds. The maximum Gasteiger partial charge on any atom is 0.608 e. The number of benzene rings is 2. The van der Waals surface area contributed by atoms with Crippen molar-refractivity contribution in [2.45, 2.75) is 33.1 Å². The number of carbonyl (C=O) groups is 1. The minimum absolute atomic E-state index is 0.00686. The summed E-state index contributed by atoms with van der Waals surface area (Å²) in [6.07, 6.45) is 1.15. The number of nitrogens with zero attached hydrogens (tertiary/aromatic N) is 2. The number of fused-ring (bicyclic) bond motifs is 1. The Labute approximate surface area is 145 Å². The van der Waals surface area contributed by atoms with E-state index in [1.165, 1.54) is 16.7 Å². The first-order valence-corrected chi connectivity index (χ1v) is 7.92. The molecular formula is C19H19N2O4+. The highest BCUT2D eigenvalue weighted by Crippen LogP contribution is 2.43. The lowest BCUT2D eigenvalue weighted by Gasteiger charge is -2.20. The number of aryl methyl sites for hydroxylation is 1. The molecule has 2 aromatic carbocycles. The zero-order valence-corrected chi connectivity index (χ0v) is 14.6. The van der Waals surface area contributed by atoms with Gasteiger partial charge in [0.25, 0.3) is 11.4 Å². The van der Waals surface area contributed by atoms with Crippen LogP contribution in [-0.2, 0) is 5.41 Å². The highest BCUT2D eigenvalue weighted by molar-refractivity contribution is 5.86. The van der Waals surface area contributed by atoms with Gasteiger partial charge in [-0.05, 0) is 30.0 Å². The minimum atomic E-state index is -0.482. The highest BCUT2D eigenvalue weighted by Gasteiger charge is 2.40. The second-order valence-electron chi connectivity index (χ2n) is 7.13. The van der Waals surface area contributed by atoms with E-state index < -0.39 is 11.0 Å². The van der Waals surface area contributed by atoms with Crippen LogP contribution < -0.4 is 4.74 Å². The molecule has 1 aliphatic rings. The van der Waals surface area contributed by atoms with Crippen molar-refractivity contribution in [1.82, 2.24) is 0 Å². The minimum Gasteiger partial charge on any atom is -0.365 e. The zero-order chi connectivity index (χ0) is 18.4. The third-order valence-electron chi connectivity index (χ3n) is 4.05. The summed E-state index contributed by atoms with van der Waals surface area (Å²) in [6.45, 7) is 8.18. The average Bonchev–Trinajstić information content (AvgIpc) is 2.82. The normalized spacial score (nSPS) is 15.2. The number of rotatable bonds is 2. The lowest BCUT2D eigenvalue weighted by molar-refractivity contribution is -0.384. The van der Waals surface area contributed by atoms with Gasteiger partial charge in [-0.2, -0.15) is 4.79 Å². The summed E-state index contributed by atoms with van der Waals surface area (Å²) in [5.41, 5.74) is 3.20. The molecule has 0 bridgehead atoms. The molecule has 0 radical (unpaired) electrons. The van der Waals surface area contributed by atoms with Gasteiger partial charge in [-0.15, -0.1) is 0 Å². The number of non-ortho nitro benzene ring substituents is 1. The molecule has 0 aliphatic carbocycles. The average molecular weight is 339 g/mol. The second kappa shape index (κ2) is 5.81. The fourth-order valence-corrected chi connectivity index (χ4v) is 2.79. The standard InChI is InChI=1S/C19H19N2O4/c1-12-9-15(19(2,3)4)17-16(10-12)20(18(22)25-17)11-13-5-7-14(8-6-13)21(23)24/h5-11H,1-4H3/q+1/b20-11+. The van der Waals surface area contributed by atoms with Crippen molar-refractivity contribution in [3.05, 3.63) is 63.2 Å². The molecule has 0 saturated carbocycles. The van der Waals surface area contributed by atoms with Crippen molar-refractivity contribution >= 4 is 23.7 Å². The van der Waals surface area contributed by atoms with Crippen molar-refractivity contribution in [3.63, 3.8) is 0 Å². The van der Waals surface area contributed by atoms with Crippen LogP contribution in [0.15, 0.2) is 36.4 Å². The van der Waals surface area contributed by atoms with Crippen LogP contribution in [0.5, 0.6) is 5.75 Å². The van der Waals surface area contributed by atoms with E-state index in [0.29, 0.717) is 17.0 Å². The Hall–Kier alpha value is -3.02. The Kier molecular flexibility index (Phi) is 3.91. The van der Waals surface area contributed by atoms with Crippen molar-refractivity contribution in [3.8, 4) is 5.75 Å². The van der Waals surface area contributed by atoms with Gasteiger partial charge >= 0.3 is 6.09 Å². The van der Waals surface area contributed by atoms with Crippen molar-refractivity contribution in [2.24, 2.45) is 0 Å². The van der Waals surface area contributed by atoms with E-state index >= 15 is 0 Å². The highest BCUT2D eigenvalue weighted by atomic mass is 16.6. The number of ether oxygens (including phenoxy) is 1. The van der Waals surface area contributed by atoms with Gasteiger partial charge in [0.05, 0.1) is 4.92 Å². The smallest absolute Gasteiger partial charge is 0.365 e. The summed E-state index contributed by atoms with van der Waals surface area (Å²) in [6, 6.07) is 9.95. The number of hydrogen-bond acceptors (Lipinski definition) is 4. The Balaban J connectivity index is 2.10. The predicted molar refractivity (Wildman–Crippen MR) is 94.1 cm³/mol. The summed E-state index contributed by atoms with van der Waals surface area (Å²) in [5, 5.41) is 10.8. The van der Waals surface area contributed by atoms with Crippen LogP contribution in [-0.4, -0.2) is 21.8 Å². The molecule has 0 saturated heterocycles. The molecule has 0 atom stereocenters. The first-order valence-electron chi connectivity index (χ1n) is 7.92. The van der Waals surface area contributed by atoms with Gasteiger partial charge in [0.15, 0.2) is 6.21 Å². The molecule has 6 heteroatoms. The van der Waals surface area contributed by atoms with Gasteiger partial charge < -0.3 is 4.74 Å². The van der Waals surface area contributed by atoms with Crippen LogP contribution in [0, 0.1) is 17.0 Å². The Morgan fingerprint density at radius 2 is 1.80 bits per heavy atom. The Morgan fingerprint density at radius 3 is 2.36 bits per heavy atom. The van der Waals surface area contributed by atoms with E-state index in [2.05, 4.69) is 20.8 Å². The molecule has 128 valence electrons. The summed E-state index contributed by atoms with van der Waals surface area (Å²) in [4.78, 5) is 22.7. The number of nitro groups is 1. The van der Waals surface area contributed by atoms with Gasteiger partial charge in [-0.3, -0.25) is 10.1 Å². The van der Waals surface area contributed by atoms with E-state index in [9.17, 15) is 14.9 Å². The van der Waals surface area contributed by atoms with Gasteiger partial charge in [0.1, 0.15) is 0 Å². The van der Waals surface area contributed by atoms with Gasteiger partial charge in [-0.25, -0.2) is 0 Å². The van der Waals surface area contributed by atoms with Crippen LogP contribution in [0.4, 0.5) is 16.2 Å². The molecule has 1 aliphatic heterocycles. The van der Waals surface area contributed by atoms with Crippen LogP contribution in [0.2, 0.25) is 0 Å². The summed E-state index contributed by atoms with van der Waals surface area (Å²) < 4.78 is 6.96. The van der Waals surface area contributed by atoms with Crippen LogP contribution >= 0.6 is 0 Å². The molecule has 25 heavy (non-hydrogen) atoms. The van der Waals surface area contributed by atoms with Crippen LogP contribution in [0.1, 0.15) is 37.5 Å². The monoisotopic (exact) mass is 339 g/mol. The van der Waals surface area contributed by atoms with Crippen molar-refractivity contribution < 1.29 is 19.0 Å². The summed E-state index contributed by atoms with van der Waals surface area (Å²) >= 11 is 0. The first-order chi connectivity index (χ1) is 11.7. The lowest BCUT2D eigenvalue weighted by atomic mass is 9.85. The maximum absolute atomic E-state index is 12.4. The SMILES string of the molecule is Cc1cc2c(c(C(C)(C)C)c1)OC(=O)/[N+]2=C/c1ccc([N+](=O)[O-])cc1. The molecule has 0 spiro atoms. The molecular weight excluding hydrogens is 320 g/mol. The number of hydrogen-bond donors (Lipinski definition) is 0. The fourth-order valence-electron chi connectivity index (χ4n) is 2.79. The molecule has 0 unspecified atom stereocenters. The van der Waals surface area contributed by atoms with E-state index in [1.807, 2.05) is 19.1 Å². The van der Waals surface area contributed by atoms with Gasteiger partial charge in [-0.1, -0.05) is 31.4 Å². The van der Waals surface area contributed by atoms with E-state index in [0.717, 1.165) is 11.1 Å². The predicted octanol–water partition coefficient (Wildman–Crippen LogP) is 4.48. The largest absolute Gasteiger partial charge is 0.608 e. The number of nitro benzene ring substituents is 1. The fraction of sp³-hybridized carbons (Fsp3) is 0.263.